The van der Waals surface area contributed by atoms with E-state index in [0.29, 0.717) is 17.5 Å². The van der Waals surface area contributed by atoms with Crippen LogP contribution in [0.2, 0.25) is 0 Å². The molecule has 0 aliphatic heterocycles. The third-order valence-electron chi connectivity index (χ3n) is 11.0. The number of rotatable bonds is 33. The van der Waals surface area contributed by atoms with E-state index < -0.39 is 126 Å². The van der Waals surface area contributed by atoms with Gasteiger partial charge in [-0.25, -0.2) is 4.79 Å². The van der Waals surface area contributed by atoms with Gasteiger partial charge >= 0.3 is 17.9 Å². The third-order valence-corrected chi connectivity index (χ3v) is 11.0. The first-order valence-electron chi connectivity index (χ1n) is 23.6. The summed E-state index contributed by atoms with van der Waals surface area (Å²) in [5, 5.41) is 45.6. The molecule has 7 amide bonds. The Hall–Kier alpha value is -8.36. The van der Waals surface area contributed by atoms with Crippen molar-refractivity contribution in [2.45, 2.75) is 127 Å². The van der Waals surface area contributed by atoms with Crippen molar-refractivity contribution in [1.82, 2.24) is 37.2 Å². The molecular weight excluding hydrogens is 969 g/mol. The van der Waals surface area contributed by atoms with Crippen LogP contribution in [0.4, 0.5) is 0 Å². The molecule has 0 fully saturated rings. The summed E-state index contributed by atoms with van der Waals surface area (Å²) in [7, 11) is 0. The molecule has 2 aromatic rings. The van der Waals surface area contributed by atoms with E-state index >= 15 is 0 Å². The fourth-order valence-electron chi connectivity index (χ4n) is 7.00. The van der Waals surface area contributed by atoms with Crippen molar-refractivity contribution in [3.63, 3.8) is 0 Å². The first kappa shape index (κ1) is 61.8. The molecule has 27 heteroatoms. The Balaban J connectivity index is 2.42. The molecule has 0 spiro atoms. The minimum Gasteiger partial charge on any atom is -0.481 e. The number of aliphatic imine (C=N–C) groups is 2. The summed E-state index contributed by atoms with van der Waals surface area (Å²) in [4.78, 5) is 139. The van der Waals surface area contributed by atoms with Crippen molar-refractivity contribution >= 4 is 71.2 Å². The number of carbonyl (C=O) groups excluding carboxylic acids is 7. The number of nitrogens with zero attached hydrogens (tertiary/aromatic N) is 2. The summed E-state index contributed by atoms with van der Waals surface area (Å²) in [5.74, 6) is -11.8. The minimum absolute atomic E-state index is 0.00619. The fraction of sp³-hybridized carbons (Fsp3) is 0.489. The molecule has 406 valence electrons. The standard InChI is InChI=1S/C47H70N14O13/c1-25(2)37(44(72)59-33(23-28-14-8-5-9-15-28)43(71)60-34(45(73)74)24-36(64)65)61-41(69)30(17-11-21-54-47(51)52)57-42(70)32(22-27-12-6-4-7-13-27)58-38(66)26(3)55-40(68)31(18-19-35(62)63)56-39(67)29(48)16-10-20-53-46(49)50/h4-9,12-15,25-26,29-34,37H,10-11,16-24,48H2,1-3H3,(H,55,68)(H,56,67)(H,57,70)(H,58,66)(H,59,72)(H,60,71)(H,61,69)(H,62,63)(H,64,65)(H,73,74)(H4,49,50,53)(H4,51,52,54)/t26-,29-,30-,31-,32-,33-,34-,37-/m0/s1. The highest BCUT2D eigenvalue weighted by Gasteiger charge is 2.35. The zero-order valence-electron chi connectivity index (χ0n) is 41.5. The number of amides is 7. The maximum Gasteiger partial charge on any atom is 0.326 e. The number of carboxylic acid groups (broad SMARTS) is 3. The van der Waals surface area contributed by atoms with Crippen LogP contribution in [0, 0.1) is 5.92 Å². The van der Waals surface area contributed by atoms with Crippen molar-refractivity contribution in [2.24, 2.45) is 44.6 Å². The summed E-state index contributed by atoms with van der Waals surface area (Å²) in [6.45, 7) is 4.62. The number of hydrogen-bond donors (Lipinski definition) is 15. The number of benzene rings is 2. The number of nitrogens with one attached hydrogen (secondary N) is 7. The highest BCUT2D eigenvalue weighted by Crippen LogP contribution is 2.11. The summed E-state index contributed by atoms with van der Waals surface area (Å²) in [6.07, 6.45) is -1.79. The van der Waals surface area contributed by atoms with Crippen molar-refractivity contribution in [3.8, 4) is 0 Å². The summed E-state index contributed by atoms with van der Waals surface area (Å²) < 4.78 is 0. The molecule has 0 heterocycles. The Morgan fingerprint density at radius 1 is 0.486 bits per heavy atom. The topological polar surface area (TPSA) is 470 Å². The second-order valence-corrected chi connectivity index (χ2v) is 17.5. The Morgan fingerprint density at radius 2 is 0.905 bits per heavy atom. The molecule has 0 aliphatic rings. The largest absolute Gasteiger partial charge is 0.481 e. The van der Waals surface area contributed by atoms with E-state index in [4.69, 9.17) is 28.7 Å². The van der Waals surface area contributed by atoms with Gasteiger partial charge in [0.25, 0.3) is 0 Å². The quantitative estimate of drug-likeness (QED) is 0.0187. The summed E-state index contributed by atoms with van der Waals surface area (Å²) in [5.41, 5.74) is 28.7. The van der Waals surface area contributed by atoms with Gasteiger partial charge in [0.15, 0.2) is 11.9 Å². The van der Waals surface area contributed by atoms with Crippen molar-refractivity contribution < 1.29 is 63.3 Å². The number of guanidine groups is 2. The molecule has 0 aromatic heterocycles. The molecule has 20 N–H and O–H groups in total. The Labute approximate surface area is 427 Å². The number of carbonyl (C=O) groups is 10. The van der Waals surface area contributed by atoms with Crippen LogP contribution in [0.25, 0.3) is 0 Å². The first-order valence-corrected chi connectivity index (χ1v) is 23.6. The molecule has 27 nitrogen and oxygen atoms in total. The normalized spacial score (nSPS) is 14.1. The average molecular weight is 1040 g/mol. The predicted molar refractivity (Wildman–Crippen MR) is 269 cm³/mol. The Bertz CT molecular complexity index is 2290. The smallest absolute Gasteiger partial charge is 0.326 e. The second-order valence-electron chi connectivity index (χ2n) is 17.5. The summed E-state index contributed by atoms with van der Waals surface area (Å²) >= 11 is 0. The monoisotopic (exact) mass is 1040 g/mol. The van der Waals surface area contributed by atoms with E-state index in [0.717, 1.165) is 0 Å². The maximum absolute atomic E-state index is 14.3. The lowest BCUT2D eigenvalue weighted by atomic mass is 9.99. The highest BCUT2D eigenvalue weighted by molar-refractivity contribution is 5.98. The molecule has 0 radical (unpaired) electrons. The van der Waals surface area contributed by atoms with Gasteiger partial charge in [0.2, 0.25) is 41.4 Å². The van der Waals surface area contributed by atoms with E-state index in [2.05, 4.69) is 47.2 Å². The van der Waals surface area contributed by atoms with Crippen LogP contribution < -0.4 is 65.9 Å². The molecule has 0 saturated carbocycles. The third kappa shape index (κ3) is 23.7. The number of aliphatic carboxylic acids is 3. The highest BCUT2D eigenvalue weighted by atomic mass is 16.4. The van der Waals surface area contributed by atoms with Gasteiger partial charge in [-0.15, -0.1) is 0 Å². The molecule has 0 aliphatic carbocycles. The zero-order valence-corrected chi connectivity index (χ0v) is 41.5. The van der Waals surface area contributed by atoms with Crippen LogP contribution >= 0.6 is 0 Å². The van der Waals surface area contributed by atoms with Crippen molar-refractivity contribution in [3.05, 3.63) is 71.8 Å². The lowest BCUT2D eigenvalue weighted by molar-refractivity contribution is -0.147. The van der Waals surface area contributed by atoms with E-state index in [-0.39, 0.29) is 63.5 Å². The van der Waals surface area contributed by atoms with Crippen molar-refractivity contribution in [2.75, 3.05) is 13.1 Å². The number of hydrogen-bond acceptors (Lipinski definition) is 13. The van der Waals surface area contributed by atoms with Gasteiger partial charge in [-0.3, -0.25) is 53.1 Å². The first-order chi connectivity index (χ1) is 34.9. The van der Waals surface area contributed by atoms with Crippen LogP contribution in [0.5, 0.6) is 0 Å². The number of nitrogens with two attached hydrogens (primary N) is 5. The Kier molecular flexibility index (Phi) is 26.6. The number of carboxylic acids is 3. The van der Waals surface area contributed by atoms with Gasteiger partial charge in [0, 0.05) is 32.4 Å². The maximum atomic E-state index is 14.3. The van der Waals surface area contributed by atoms with E-state index in [1.165, 1.54) is 6.92 Å². The molecule has 0 bridgehead atoms. The van der Waals surface area contributed by atoms with Gasteiger partial charge in [0.05, 0.1) is 12.5 Å². The van der Waals surface area contributed by atoms with Crippen LogP contribution in [0.3, 0.4) is 0 Å². The predicted octanol–water partition coefficient (Wildman–Crippen LogP) is -3.60. The molecular formula is C47H70N14O13. The molecule has 8 atom stereocenters. The van der Waals surface area contributed by atoms with Gasteiger partial charge in [0.1, 0.15) is 42.3 Å². The van der Waals surface area contributed by atoms with Gasteiger partial charge in [-0.05, 0) is 56.1 Å². The average Bonchev–Trinajstić information content (AvgIpc) is 3.33. The van der Waals surface area contributed by atoms with Crippen LogP contribution in [0.15, 0.2) is 70.6 Å². The van der Waals surface area contributed by atoms with Gasteiger partial charge in [-0.1, -0.05) is 74.5 Å². The van der Waals surface area contributed by atoms with E-state index in [9.17, 15) is 63.3 Å². The SMILES string of the molecule is CC(C)[C@H](NC(=O)[C@H](CCCN=C(N)N)NC(=O)[C@H](Cc1ccccc1)NC(=O)[C@H](C)NC(=O)[C@H](CCC(=O)O)NC(=O)[C@@H](N)CCCN=C(N)N)C(=O)N[C@@H](Cc1ccccc1)C(=O)N[C@@H](CC(=O)O)C(=O)O. The molecule has 74 heavy (non-hydrogen) atoms. The van der Waals surface area contributed by atoms with Crippen LogP contribution in [0.1, 0.15) is 76.8 Å². The van der Waals surface area contributed by atoms with E-state index in [1.54, 1.807) is 74.5 Å². The second kappa shape index (κ2) is 31.9. The summed E-state index contributed by atoms with van der Waals surface area (Å²) in [6, 6.07) is 5.22. The van der Waals surface area contributed by atoms with Gasteiger partial charge < -0.3 is 81.2 Å². The molecule has 0 unspecified atom stereocenters. The van der Waals surface area contributed by atoms with Crippen molar-refractivity contribution in [1.29, 1.82) is 0 Å². The van der Waals surface area contributed by atoms with Gasteiger partial charge in [-0.2, -0.15) is 0 Å². The zero-order chi connectivity index (χ0) is 55.5. The lowest BCUT2D eigenvalue weighted by Gasteiger charge is -2.29. The minimum atomic E-state index is -1.84. The van der Waals surface area contributed by atoms with E-state index in [1.807, 2.05) is 0 Å². The van der Waals surface area contributed by atoms with Crippen LogP contribution in [-0.4, -0.2) is 148 Å². The molecule has 2 aromatic carbocycles. The van der Waals surface area contributed by atoms with Crippen LogP contribution in [-0.2, 0) is 60.8 Å². The molecule has 2 rings (SSSR count). The fourth-order valence-corrected chi connectivity index (χ4v) is 7.00. The molecule has 0 saturated heterocycles. The Morgan fingerprint density at radius 3 is 1.36 bits per heavy atom. The lowest BCUT2D eigenvalue weighted by Crippen LogP contribution is -2.61.